The van der Waals surface area contributed by atoms with Crippen molar-refractivity contribution in [1.82, 2.24) is 5.32 Å². The zero-order valence-corrected chi connectivity index (χ0v) is 11.0. The summed E-state index contributed by atoms with van der Waals surface area (Å²) in [5, 5.41) is 3.44. The smallest absolute Gasteiger partial charge is 0.161 e. The molecule has 1 saturated heterocycles. The number of fused-ring (bicyclic) bond motifs is 1. The number of hydrogen-bond acceptors (Lipinski definition) is 3. The maximum Gasteiger partial charge on any atom is 0.161 e. The highest BCUT2D eigenvalue weighted by molar-refractivity contribution is 5.49. The highest BCUT2D eigenvalue weighted by Crippen LogP contribution is 2.37. The first kappa shape index (κ1) is 11.8. The Bertz CT molecular complexity index is 425. The lowest BCUT2D eigenvalue weighted by Crippen LogP contribution is -2.09. The van der Waals surface area contributed by atoms with Gasteiger partial charge in [0.2, 0.25) is 0 Å². The predicted octanol–water partition coefficient (Wildman–Crippen LogP) is 2.49. The summed E-state index contributed by atoms with van der Waals surface area (Å²) in [6.07, 6.45) is 3.26. The summed E-state index contributed by atoms with van der Waals surface area (Å²) in [7, 11) is 0. The van der Waals surface area contributed by atoms with Crippen LogP contribution in [0.2, 0.25) is 0 Å². The Morgan fingerprint density at radius 1 is 1.22 bits per heavy atom. The molecule has 0 aliphatic carbocycles. The molecule has 0 spiro atoms. The van der Waals surface area contributed by atoms with E-state index in [9.17, 15) is 0 Å². The SMILES string of the molecule is CCc1cc2c(cc1C1CCNC1)OCCCO2. The van der Waals surface area contributed by atoms with Crippen LogP contribution in [0.1, 0.15) is 36.8 Å². The summed E-state index contributed by atoms with van der Waals surface area (Å²) in [6.45, 7) is 5.96. The molecule has 1 unspecified atom stereocenters. The Morgan fingerprint density at radius 3 is 2.67 bits per heavy atom. The van der Waals surface area contributed by atoms with E-state index in [-0.39, 0.29) is 0 Å². The van der Waals surface area contributed by atoms with Gasteiger partial charge in [-0.1, -0.05) is 6.92 Å². The Labute approximate surface area is 108 Å². The molecule has 0 bridgehead atoms. The van der Waals surface area contributed by atoms with Gasteiger partial charge in [0.15, 0.2) is 11.5 Å². The van der Waals surface area contributed by atoms with Gasteiger partial charge in [-0.25, -0.2) is 0 Å². The van der Waals surface area contributed by atoms with Crippen LogP contribution in [-0.4, -0.2) is 26.3 Å². The van der Waals surface area contributed by atoms with Crippen LogP contribution in [-0.2, 0) is 6.42 Å². The van der Waals surface area contributed by atoms with Gasteiger partial charge in [0, 0.05) is 13.0 Å². The molecule has 3 nitrogen and oxygen atoms in total. The minimum Gasteiger partial charge on any atom is -0.490 e. The molecule has 1 fully saturated rings. The predicted molar refractivity (Wildman–Crippen MR) is 71.7 cm³/mol. The first-order valence-electron chi connectivity index (χ1n) is 7.01. The van der Waals surface area contributed by atoms with Gasteiger partial charge in [-0.3, -0.25) is 0 Å². The Kier molecular flexibility index (Phi) is 3.41. The van der Waals surface area contributed by atoms with Crippen molar-refractivity contribution in [2.75, 3.05) is 26.3 Å². The summed E-state index contributed by atoms with van der Waals surface area (Å²) in [5.41, 5.74) is 2.86. The Balaban J connectivity index is 1.99. The van der Waals surface area contributed by atoms with E-state index in [4.69, 9.17) is 9.47 Å². The molecule has 0 aromatic heterocycles. The fourth-order valence-electron chi connectivity index (χ4n) is 2.87. The van der Waals surface area contributed by atoms with E-state index in [0.29, 0.717) is 5.92 Å². The molecule has 2 aliphatic rings. The largest absolute Gasteiger partial charge is 0.490 e. The van der Waals surface area contributed by atoms with Gasteiger partial charge in [-0.05, 0) is 48.6 Å². The number of aryl methyl sites for hydroxylation is 1. The van der Waals surface area contributed by atoms with Crippen LogP contribution in [0, 0.1) is 0 Å². The van der Waals surface area contributed by atoms with Crippen molar-refractivity contribution in [2.24, 2.45) is 0 Å². The molecule has 3 rings (SSSR count). The molecule has 1 N–H and O–H groups in total. The van der Waals surface area contributed by atoms with E-state index in [2.05, 4.69) is 24.4 Å². The second-order valence-corrected chi connectivity index (χ2v) is 5.09. The lowest BCUT2D eigenvalue weighted by Gasteiger charge is -2.17. The zero-order chi connectivity index (χ0) is 12.4. The van der Waals surface area contributed by atoms with Crippen molar-refractivity contribution in [3.8, 4) is 11.5 Å². The number of ether oxygens (including phenoxy) is 2. The van der Waals surface area contributed by atoms with E-state index in [1.807, 2.05) is 0 Å². The third-order valence-electron chi connectivity index (χ3n) is 3.89. The van der Waals surface area contributed by atoms with Gasteiger partial charge < -0.3 is 14.8 Å². The summed E-state index contributed by atoms with van der Waals surface area (Å²) in [5.74, 6) is 2.50. The zero-order valence-electron chi connectivity index (χ0n) is 11.0. The summed E-state index contributed by atoms with van der Waals surface area (Å²) in [4.78, 5) is 0. The number of hydrogen-bond donors (Lipinski definition) is 1. The quantitative estimate of drug-likeness (QED) is 0.871. The fourth-order valence-corrected chi connectivity index (χ4v) is 2.87. The van der Waals surface area contributed by atoms with E-state index in [1.165, 1.54) is 17.5 Å². The molecule has 1 atom stereocenters. The maximum atomic E-state index is 5.80. The first-order chi connectivity index (χ1) is 8.88. The number of nitrogens with one attached hydrogen (secondary N) is 1. The highest BCUT2D eigenvalue weighted by atomic mass is 16.5. The van der Waals surface area contributed by atoms with E-state index < -0.39 is 0 Å². The number of rotatable bonds is 2. The molecule has 0 amide bonds. The number of benzene rings is 1. The molecule has 2 aliphatic heterocycles. The molecular weight excluding hydrogens is 226 g/mol. The van der Waals surface area contributed by atoms with Crippen LogP contribution >= 0.6 is 0 Å². The first-order valence-corrected chi connectivity index (χ1v) is 7.01. The van der Waals surface area contributed by atoms with Gasteiger partial charge in [-0.2, -0.15) is 0 Å². The van der Waals surface area contributed by atoms with Crippen molar-refractivity contribution >= 4 is 0 Å². The Hall–Kier alpha value is -1.22. The van der Waals surface area contributed by atoms with Crippen molar-refractivity contribution in [3.05, 3.63) is 23.3 Å². The van der Waals surface area contributed by atoms with Crippen LogP contribution in [0.15, 0.2) is 12.1 Å². The highest BCUT2D eigenvalue weighted by Gasteiger charge is 2.22. The molecule has 2 heterocycles. The summed E-state index contributed by atoms with van der Waals surface area (Å²) >= 11 is 0. The Morgan fingerprint density at radius 2 is 2.00 bits per heavy atom. The van der Waals surface area contributed by atoms with Gasteiger partial charge in [0.1, 0.15) is 0 Å². The van der Waals surface area contributed by atoms with Gasteiger partial charge in [0.05, 0.1) is 13.2 Å². The van der Waals surface area contributed by atoms with Crippen molar-refractivity contribution in [2.45, 2.75) is 32.1 Å². The maximum absolute atomic E-state index is 5.80. The monoisotopic (exact) mass is 247 g/mol. The summed E-state index contributed by atoms with van der Waals surface area (Å²) < 4.78 is 11.6. The molecule has 98 valence electrons. The lowest BCUT2D eigenvalue weighted by molar-refractivity contribution is 0.297. The van der Waals surface area contributed by atoms with Crippen molar-refractivity contribution in [1.29, 1.82) is 0 Å². The van der Waals surface area contributed by atoms with Crippen LogP contribution in [0.3, 0.4) is 0 Å². The average Bonchev–Trinajstić information content (AvgIpc) is 2.83. The van der Waals surface area contributed by atoms with Gasteiger partial charge >= 0.3 is 0 Å². The topological polar surface area (TPSA) is 30.5 Å². The van der Waals surface area contributed by atoms with Gasteiger partial charge in [0.25, 0.3) is 0 Å². The van der Waals surface area contributed by atoms with Crippen LogP contribution < -0.4 is 14.8 Å². The van der Waals surface area contributed by atoms with E-state index >= 15 is 0 Å². The van der Waals surface area contributed by atoms with Crippen molar-refractivity contribution in [3.63, 3.8) is 0 Å². The second-order valence-electron chi connectivity index (χ2n) is 5.09. The van der Waals surface area contributed by atoms with E-state index in [1.54, 1.807) is 0 Å². The molecule has 1 aromatic rings. The van der Waals surface area contributed by atoms with Crippen LogP contribution in [0.25, 0.3) is 0 Å². The molecular formula is C15H21NO2. The minimum absolute atomic E-state index is 0.636. The molecule has 0 radical (unpaired) electrons. The standard InChI is InChI=1S/C15H21NO2/c1-2-11-8-14-15(18-7-3-6-17-14)9-13(11)12-4-5-16-10-12/h8-9,12,16H,2-7,10H2,1H3. The third-order valence-corrected chi connectivity index (χ3v) is 3.89. The third kappa shape index (κ3) is 2.19. The lowest BCUT2D eigenvalue weighted by atomic mass is 9.91. The molecule has 3 heteroatoms. The molecule has 18 heavy (non-hydrogen) atoms. The second kappa shape index (κ2) is 5.19. The van der Waals surface area contributed by atoms with Gasteiger partial charge in [-0.15, -0.1) is 0 Å². The molecule has 0 saturated carbocycles. The minimum atomic E-state index is 0.636. The average molecular weight is 247 g/mol. The fraction of sp³-hybridized carbons (Fsp3) is 0.600. The van der Waals surface area contributed by atoms with Crippen LogP contribution in [0.4, 0.5) is 0 Å². The van der Waals surface area contributed by atoms with E-state index in [0.717, 1.165) is 50.6 Å². The molecule has 1 aromatic carbocycles. The summed E-state index contributed by atoms with van der Waals surface area (Å²) in [6, 6.07) is 4.41. The van der Waals surface area contributed by atoms with Crippen molar-refractivity contribution < 1.29 is 9.47 Å². The normalized spacial score (nSPS) is 22.8. The van der Waals surface area contributed by atoms with Crippen LogP contribution in [0.5, 0.6) is 11.5 Å².